The van der Waals surface area contributed by atoms with E-state index in [1.165, 1.54) is 11.1 Å². The maximum Gasteiger partial charge on any atom is 0.0346 e. The van der Waals surface area contributed by atoms with Crippen LogP contribution in [0.25, 0.3) is 11.1 Å². The second kappa shape index (κ2) is 5.42. The van der Waals surface area contributed by atoms with E-state index < -0.39 is 0 Å². The third-order valence-corrected chi connectivity index (χ3v) is 2.62. The molecule has 2 rings (SSSR count). The lowest BCUT2D eigenvalue weighted by Crippen LogP contribution is -2.00. The number of hydrogen-bond acceptors (Lipinski definition) is 2. The van der Waals surface area contributed by atoms with E-state index in [2.05, 4.69) is 35.3 Å². The van der Waals surface area contributed by atoms with Crippen molar-refractivity contribution in [1.29, 1.82) is 0 Å². The molecule has 0 amide bonds. The first-order valence-electron chi connectivity index (χ1n) is 5.59. The van der Waals surface area contributed by atoms with Gasteiger partial charge in [0.05, 0.1) is 0 Å². The fraction of sp³-hybridized carbons (Fsp3) is 0.214. The van der Waals surface area contributed by atoms with E-state index in [0.29, 0.717) is 0 Å². The molecule has 2 aromatic rings. The van der Waals surface area contributed by atoms with Crippen LogP contribution in [0.3, 0.4) is 0 Å². The van der Waals surface area contributed by atoms with Gasteiger partial charge in [-0.25, -0.2) is 0 Å². The maximum atomic E-state index is 5.49. The predicted octanol–water partition coefficient (Wildman–Crippen LogP) is 2.64. The van der Waals surface area contributed by atoms with Gasteiger partial charge in [-0.15, -0.1) is 0 Å². The molecule has 2 heteroatoms. The van der Waals surface area contributed by atoms with Crippen molar-refractivity contribution < 1.29 is 0 Å². The van der Waals surface area contributed by atoms with Crippen LogP contribution in [0.4, 0.5) is 0 Å². The Balaban J connectivity index is 2.13. The highest BCUT2D eigenvalue weighted by molar-refractivity contribution is 5.62. The molecule has 16 heavy (non-hydrogen) atoms. The van der Waals surface area contributed by atoms with Gasteiger partial charge in [0.15, 0.2) is 0 Å². The predicted molar refractivity (Wildman–Crippen MR) is 67.0 cm³/mol. The summed E-state index contributed by atoms with van der Waals surface area (Å²) in [6.07, 6.45) is 5.78. The molecular formula is C14H16N2. The third-order valence-electron chi connectivity index (χ3n) is 2.62. The molecule has 2 nitrogen and oxygen atoms in total. The molecule has 0 bridgehead atoms. The summed E-state index contributed by atoms with van der Waals surface area (Å²) in [6, 6.07) is 12.6. The van der Waals surface area contributed by atoms with Crippen LogP contribution in [-0.2, 0) is 6.42 Å². The number of nitrogens with two attached hydrogens (primary N) is 1. The third kappa shape index (κ3) is 2.67. The first-order valence-corrected chi connectivity index (χ1v) is 5.59. The van der Waals surface area contributed by atoms with Gasteiger partial charge in [-0.1, -0.05) is 30.3 Å². The largest absolute Gasteiger partial charge is 0.330 e. The highest BCUT2D eigenvalue weighted by Gasteiger charge is 1.97. The number of aryl methyl sites for hydroxylation is 1. The van der Waals surface area contributed by atoms with Crippen LogP contribution < -0.4 is 5.73 Å². The molecule has 2 N–H and O–H groups in total. The Morgan fingerprint density at radius 3 is 2.44 bits per heavy atom. The van der Waals surface area contributed by atoms with Crippen LogP contribution in [0.15, 0.2) is 48.8 Å². The Bertz CT molecular complexity index is 420. The van der Waals surface area contributed by atoms with E-state index in [4.69, 9.17) is 5.73 Å². The zero-order chi connectivity index (χ0) is 11.2. The minimum Gasteiger partial charge on any atom is -0.330 e. The van der Waals surface area contributed by atoms with Gasteiger partial charge in [-0.2, -0.15) is 0 Å². The van der Waals surface area contributed by atoms with Crippen LogP contribution in [0.5, 0.6) is 0 Å². The van der Waals surface area contributed by atoms with Crippen molar-refractivity contribution in [3.63, 3.8) is 0 Å². The summed E-state index contributed by atoms with van der Waals surface area (Å²) in [5.74, 6) is 0. The van der Waals surface area contributed by atoms with Gasteiger partial charge in [-0.3, -0.25) is 4.98 Å². The molecule has 0 saturated heterocycles. The highest BCUT2D eigenvalue weighted by Crippen LogP contribution is 2.18. The molecule has 0 aliphatic rings. The molecule has 0 spiro atoms. The lowest BCUT2D eigenvalue weighted by Gasteiger charge is -2.03. The van der Waals surface area contributed by atoms with E-state index in [1.807, 2.05) is 12.3 Å². The Morgan fingerprint density at radius 2 is 1.81 bits per heavy atom. The fourth-order valence-electron chi connectivity index (χ4n) is 1.70. The molecule has 1 aromatic heterocycles. The SMILES string of the molecule is NCCCc1ccc(-c2cccnc2)cc1. The Labute approximate surface area is 96.1 Å². The van der Waals surface area contributed by atoms with Gasteiger partial charge in [-0.05, 0) is 42.1 Å². The lowest BCUT2D eigenvalue weighted by atomic mass is 10.0. The molecule has 0 saturated carbocycles. The molecule has 0 atom stereocenters. The average Bonchev–Trinajstić information content (AvgIpc) is 2.38. The van der Waals surface area contributed by atoms with Gasteiger partial charge in [0.25, 0.3) is 0 Å². The summed E-state index contributed by atoms with van der Waals surface area (Å²) in [5, 5.41) is 0. The molecule has 0 fully saturated rings. The lowest BCUT2D eigenvalue weighted by molar-refractivity contribution is 0.833. The second-order valence-electron chi connectivity index (χ2n) is 3.83. The Morgan fingerprint density at radius 1 is 1.00 bits per heavy atom. The maximum absolute atomic E-state index is 5.49. The van der Waals surface area contributed by atoms with Crippen LogP contribution in [0.2, 0.25) is 0 Å². The minimum absolute atomic E-state index is 0.754. The van der Waals surface area contributed by atoms with Gasteiger partial charge < -0.3 is 5.73 Å². The number of nitrogens with zero attached hydrogens (tertiary/aromatic N) is 1. The number of benzene rings is 1. The molecule has 82 valence electrons. The first-order chi connectivity index (χ1) is 7.90. The molecule has 1 heterocycles. The fourth-order valence-corrected chi connectivity index (χ4v) is 1.70. The second-order valence-corrected chi connectivity index (χ2v) is 3.83. The number of pyridine rings is 1. The van der Waals surface area contributed by atoms with E-state index in [0.717, 1.165) is 24.9 Å². The average molecular weight is 212 g/mol. The topological polar surface area (TPSA) is 38.9 Å². The molecule has 0 unspecified atom stereocenters. The molecule has 1 aromatic carbocycles. The van der Waals surface area contributed by atoms with Crippen LogP contribution in [0, 0.1) is 0 Å². The summed E-state index contributed by atoms with van der Waals surface area (Å²) in [6.45, 7) is 0.754. The van der Waals surface area contributed by atoms with Crippen molar-refractivity contribution in [2.24, 2.45) is 5.73 Å². The summed E-state index contributed by atoms with van der Waals surface area (Å²) < 4.78 is 0. The number of rotatable bonds is 4. The first kappa shape index (κ1) is 10.8. The standard InChI is InChI=1S/C14H16N2/c15-9-1-3-12-5-7-13(8-6-12)14-4-2-10-16-11-14/h2,4-8,10-11H,1,3,9,15H2. The van der Waals surface area contributed by atoms with Crippen molar-refractivity contribution >= 4 is 0 Å². The summed E-state index contributed by atoms with van der Waals surface area (Å²) >= 11 is 0. The van der Waals surface area contributed by atoms with Crippen molar-refractivity contribution in [1.82, 2.24) is 4.98 Å². The minimum atomic E-state index is 0.754. The smallest absolute Gasteiger partial charge is 0.0346 e. The van der Waals surface area contributed by atoms with Crippen LogP contribution in [-0.4, -0.2) is 11.5 Å². The number of hydrogen-bond donors (Lipinski definition) is 1. The summed E-state index contributed by atoms with van der Waals surface area (Å²) in [5.41, 5.74) is 9.21. The quantitative estimate of drug-likeness (QED) is 0.846. The Hall–Kier alpha value is -1.67. The van der Waals surface area contributed by atoms with E-state index >= 15 is 0 Å². The van der Waals surface area contributed by atoms with E-state index in [1.54, 1.807) is 6.20 Å². The van der Waals surface area contributed by atoms with Gasteiger partial charge in [0.1, 0.15) is 0 Å². The molecule has 0 aliphatic heterocycles. The molecule has 0 radical (unpaired) electrons. The van der Waals surface area contributed by atoms with Crippen LogP contribution >= 0.6 is 0 Å². The van der Waals surface area contributed by atoms with E-state index in [-0.39, 0.29) is 0 Å². The normalized spacial score (nSPS) is 10.3. The number of aromatic nitrogens is 1. The van der Waals surface area contributed by atoms with Crippen molar-refractivity contribution in [3.05, 3.63) is 54.4 Å². The Kier molecular flexibility index (Phi) is 3.67. The van der Waals surface area contributed by atoms with Gasteiger partial charge in [0.2, 0.25) is 0 Å². The van der Waals surface area contributed by atoms with Gasteiger partial charge in [0, 0.05) is 12.4 Å². The zero-order valence-electron chi connectivity index (χ0n) is 9.26. The van der Waals surface area contributed by atoms with Crippen LogP contribution in [0.1, 0.15) is 12.0 Å². The monoisotopic (exact) mass is 212 g/mol. The molecular weight excluding hydrogens is 196 g/mol. The molecule has 0 aliphatic carbocycles. The van der Waals surface area contributed by atoms with Crippen molar-refractivity contribution in [2.75, 3.05) is 6.54 Å². The van der Waals surface area contributed by atoms with Crippen molar-refractivity contribution in [3.8, 4) is 11.1 Å². The zero-order valence-corrected chi connectivity index (χ0v) is 9.26. The van der Waals surface area contributed by atoms with Crippen molar-refractivity contribution in [2.45, 2.75) is 12.8 Å². The van der Waals surface area contributed by atoms with E-state index in [9.17, 15) is 0 Å². The summed E-state index contributed by atoms with van der Waals surface area (Å²) in [7, 11) is 0. The summed E-state index contributed by atoms with van der Waals surface area (Å²) in [4.78, 5) is 4.12. The van der Waals surface area contributed by atoms with Gasteiger partial charge >= 0.3 is 0 Å². The highest BCUT2D eigenvalue weighted by atomic mass is 14.6.